The number of hydrogen-bond acceptors (Lipinski definition) is 3. The lowest BCUT2D eigenvalue weighted by molar-refractivity contribution is 0.1000. The highest BCUT2D eigenvalue weighted by Crippen LogP contribution is 2.14. The summed E-state index contributed by atoms with van der Waals surface area (Å²) in [6, 6.07) is 4.11. The first-order valence-corrected chi connectivity index (χ1v) is 5.30. The number of aryl methyl sites for hydroxylation is 1. The number of primary sulfonamides is 1. The van der Waals surface area contributed by atoms with Crippen LogP contribution < -0.4 is 10.9 Å². The van der Waals surface area contributed by atoms with Crippen molar-refractivity contribution in [2.75, 3.05) is 0 Å². The SMILES string of the molecule is Cc1ccc(C(N)=O)cc1S(N)(=O)=O. The first kappa shape index (κ1) is 10.7. The van der Waals surface area contributed by atoms with E-state index in [0.717, 1.165) is 0 Å². The first-order chi connectivity index (χ1) is 6.32. The Labute approximate surface area is 81.8 Å². The van der Waals surface area contributed by atoms with Crippen molar-refractivity contribution in [3.05, 3.63) is 29.3 Å². The quantitative estimate of drug-likeness (QED) is 0.708. The largest absolute Gasteiger partial charge is 0.366 e. The topological polar surface area (TPSA) is 103 Å². The Bertz CT molecular complexity index is 479. The minimum absolute atomic E-state index is 0.0752. The maximum Gasteiger partial charge on any atom is 0.248 e. The summed E-state index contributed by atoms with van der Waals surface area (Å²) in [7, 11) is -3.80. The van der Waals surface area contributed by atoms with Crippen LogP contribution in [0.3, 0.4) is 0 Å². The fourth-order valence-electron chi connectivity index (χ4n) is 1.06. The smallest absolute Gasteiger partial charge is 0.248 e. The molecule has 0 atom stereocenters. The predicted octanol–water partition coefficient (Wildman–Crippen LogP) is -0.259. The van der Waals surface area contributed by atoms with Gasteiger partial charge < -0.3 is 5.73 Å². The number of hydrogen-bond donors (Lipinski definition) is 2. The van der Waals surface area contributed by atoms with E-state index in [1.165, 1.54) is 18.2 Å². The van der Waals surface area contributed by atoms with E-state index in [0.29, 0.717) is 5.56 Å². The van der Waals surface area contributed by atoms with Crippen molar-refractivity contribution in [1.82, 2.24) is 0 Å². The zero-order valence-corrected chi connectivity index (χ0v) is 8.34. The molecule has 0 radical (unpaired) electrons. The lowest BCUT2D eigenvalue weighted by Gasteiger charge is -2.04. The lowest BCUT2D eigenvalue weighted by Crippen LogP contribution is -2.16. The first-order valence-electron chi connectivity index (χ1n) is 3.75. The van der Waals surface area contributed by atoms with E-state index in [9.17, 15) is 13.2 Å². The molecule has 1 amide bonds. The maximum absolute atomic E-state index is 11.1. The lowest BCUT2D eigenvalue weighted by atomic mass is 10.1. The zero-order chi connectivity index (χ0) is 10.9. The Kier molecular flexibility index (Phi) is 2.59. The molecular formula is C8H10N2O3S. The second-order valence-corrected chi connectivity index (χ2v) is 4.42. The van der Waals surface area contributed by atoms with Gasteiger partial charge in [-0.25, -0.2) is 13.6 Å². The fourth-order valence-corrected chi connectivity index (χ4v) is 1.87. The summed E-state index contributed by atoms with van der Waals surface area (Å²) in [4.78, 5) is 10.7. The van der Waals surface area contributed by atoms with Crippen molar-refractivity contribution in [1.29, 1.82) is 0 Å². The maximum atomic E-state index is 11.1. The van der Waals surface area contributed by atoms with Gasteiger partial charge in [0.15, 0.2) is 0 Å². The van der Waals surface area contributed by atoms with Crippen LogP contribution in [0.15, 0.2) is 23.1 Å². The van der Waals surface area contributed by atoms with Crippen molar-refractivity contribution in [3.8, 4) is 0 Å². The van der Waals surface area contributed by atoms with Gasteiger partial charge in [-0.05, 0) is 24.6 Å². The molecule has 76 valence electrons. The van der Waals surface area contributed by atoms with E-state index in [4.69, 9.17) is 10.9 Å². The summed E-state index contributed by atoms with van der Waals surface area (Å²) in [5.74, 6) is -0.685. The third kappa shape index (κ3) is 2.09. The van der Waals surface area contributed by atoms with Crippen LogP contribution >= 0.6 is 0 Å². The Morgan fingerprint density at radius 1 is 1.36 bits per heavy atom. The number of primary amides is 1. The summed E-state index contributed by atoms with van der Waals surface area (Å²) >= 11 is 0. The highest BCUT2D eigenvalue weighted by atomic mass is 32.2. The van der Waals surface area contributed by atoms with E-state index in [2.05, 4.69) is 0 Å². The van der Waals surface area contributed by atoms with E-state index >= 15 is 0 Å². The minimum Gasteiger partial charge on any atom is -0.366 e. The highest BCUT2D eigenvalue weighted by molar-refractivity contribution is 7.89. The Morgan fingerprint density at radius 3 is 2.36 bits per heavy atom. The van der Waals surface area contributed by atoms with Crippen LogP contribution in [0.2, 0.25) is 0 Å². The van der Waals surface area contributed by atoms with Gasteiger partial charge in [0.2, 0.25) is 15.9 Å². The normalized spacial score (nSPS) is 11.3. The molecule has 0 aliphatic carbocycles. The minimum atomic E-state index is -3.80. The van der Waals surface area contributed by atoms with Crippen molar-refractivity contribution in [2.45, 2.75) is 11.8 Å². The van der Waals surface area contributed by atoms with Gasteiger partial charge in [-0.15, -0.1) is 0 Å². The van der Waals surface area contributed by atoms with Crippen LogP contribution in [0.1, 0.15) is 15.9 Å². The second-order valence-electron chi connectivity index (χ2n) is 2.89. The van der Waals surface area contributed by atoms with Gasteiger partial charge in [0.1, 0.15) is 0 Å². The molecule has 5 nitrogen and oxygen atoms in total. The van der Waals surface area contributed by atoms with E-state index in [1.807, 2.05) is 0 Å². The number of benzene rings is 1. The molecule has 0 unspecified atom stereocenters. The van der Waals surface area contributed by atoms with Crippen molar-refractivity contribution >= 4 is 15.9 Å². The third-order valence-electron chi connectivity index (χ3n) is 1.78. The summed E-state index contributed by atoms with van der Waals surface area (Å²) in [5.41, 5.74) is 5.61. The molecule has 1 aromatic carbocycles. The van der Waals surface area contributed by atoms with Crippen molar-refractivity contribution in [3.63, 3.8) is 0 Å². The van der Waals surface area contributed by atoms with Gasteiger partial charge in [0.25, 0.3) is 0 Å². The Balaban J connectivity index is 3.44. The summed E-state index contributed by atoms with van der Waals surface area (Å²) in [5, 5.41) is 4.95. The van der Waals surface area contributed by atoms with Gasteiger partial charge in [0, 0.05) is 5.56 Å². The fraction of sp³-hybridized carbons (Fsp3) is 0.125. The molecule has 0 aliphatic heterocycles. The number of nitrogens with two attached hydrogens (primary N) is 2. The molecule has 0 aromatic heterocycles. The van der Waals surface area contributed by atoms with Crippen LogP contribution in [-0.2, 0) is 10.0 Å². The predicted molar refractivity (Wildman–Crippen MR) is 51.1 cm³/mol. The molecule has 0 saturated carbocycles. The summed E-state index contributed by atoms with van der Waals surface area (Å²) in [6.07, 6.45) is 0. The molecule has 1 aromatic rings. The summed E-state index contributed by atoms with van der Waals surface area (Å²) < 4.78 is 22.1. The molecule has 0 heterocycles. The van der Waals surface area contributed by atoms with Gasteiger partial charge in [0.05, 0.1) is 4.90 Å². The van der Waals surface area contributed by atoms with E-state index in [1.54, 1.807) is 6.92 Å². The molecule has 0 fully saturated rings. The zero-order valence-electron chi connectivity index (χ0n) is 7.52. The van der Waals surface area contributed by atoms with E-state index < -0.39 is 15.9 Å². The van der Waals surface area contributed by atoms with Gasteiger partial charge in [-0.2, -0.15) is 0 Å². The van der Waals surface area contributed by atoms with E-state index in [-0.39, 0.29) is 10.5 Å². The number of carbonyl (C=O) groups excluding carboxylic acids is 1. The standard InChI is InChI=1S/C8H10N2O3S/c1-5-2-3-6(8(9)11)4-7(5)14(10,12)13/h2-4H,1H3,(H2,9,11)(H2,10,12,13). The highest BCUT2D eigenvalue weighted by Gasteiger charge is 2.13. The van der Waals surface area contributed by atoms with Gasteiger partial charge in [-0.1, -0.05) is 6.07 Å². The number of sulfonamides is 1. The van der Waals surface area contributed by atoms with Gasteiger partial charge in [-0.3, -0.25) is 4.79 Å². The van der Waals surface area contributed by atoms with Crippen LogP contribution in [0.5, 0.6) is 0 Å². The molecule has 4 N–H and O–H groups in total. The average molecular weight is 214 g/mol. The molecular weight excluding hydrogens is 204 g/mol. The molecule has 0 aliphatic rings. The molecule has 0 spiro atoms. The average Bonchev–Trinajstić information content (AvgIpc) is 2.02. The molecule has 1 rings (SSSR count). The van der Waals surface area contributed by atoms with Crippen LogP contribution in [0, 0.1) is 6.92 Å². The number of carbonyl (C=O) groups is 1. The second kappa shape index (κ2) is 3.39. The van der Waals surface area contributed by atoms with Crippen LogP contribution in [0.25, 0.3) is 0 Å². The molecule has 14 heavy (non-hydrogen) atoms. The van der Waals surface area contributed by atoms with Crippen molar-refractivity contribution in [2.24, 2.45) is 10.9 Å². The summed E-state index contributed by atoms with van der Waals surface area (Å²) in [6.45, 7) is 1.59. The monoisotopic (exact) mass is 214 g/mol. The molecule has 0 bridgehead atoms. The number of amides is 1. The Hall–Kier alpha value is -1.40. The molecule has 0 saturated heterocycles. The number of rotatable bonds is 2. The van der Waals surface area contributed by atoms with Crippen LogP contribution in [0.4, 0.5) is 0 Å². The van der Waals surface area contributed by atoms with Gasteiger partial charge >= 0.3 is 0 Å². The van der Waals surface area contributed by atoms with Crippen molar-refractivity contribution < 1.29 is 13.2 Å². The third-order valence-corrected chi connectivity index (χ3v) is 2.83. The molecule has 6 heteroatoms. The van der Waals surface area contributed by atoms with Crippen LogP contribution in [-0.4, -0.2) is 14.3 Å². The Morgan fingerprint density at radius 2 is 1.93 bits per heavy atom.